The number of rotatable bonds is 0. The maximum atomic E-state index is 12.3. The Balaban J connectivity index is 2.11. The van der Waals surface area contributed by atoms with Crippen LogP contribution in [-0.4, -0.2) is 11.7 Å². The molecule has 0 radical (unpaired) electrons. The maximum Gasteiger partial charge on any atom is 0.255 e. The van der Waals surface area contributed by atoms with E-state index >= 15 is 0 Å². The molecule has 0 saturated heterocycles. The zero-order chi connectivity index (χ0) is 6.70. The van der Waals surface area contributed by atoms with E-state index in [0.717, 1.165) is 0 Å². The number of Topliss-reactive ketones (excluding diaryl/α,β-unsaturated/α-hetero) is 1. The van der Waals surface area contributed by atoms with E-state index in [2.05, 4.69) is 0 Å². The van der Waals surface area contributed by atoms with Gasteiger partial charge >= 0.3 is 0 Å². The van der Waals surface area contributed by atoms with Gasteiger partial charge in [-0.2, -0.15) is 0 Å². The number of carbonyl (C=O) groups is 1. The van der Waals surface area contributed by atoms with Gasteiger partial charge in [0.05, 0.1) is 5.41 Å². The van der Waals surface area contributed by atoms with Gasteiger partial charge in [0.2, 0.25) is 0 Å². The summed E-state index contributed by atoms with van der Waals surface area (Å²) in [4.78, 5) is 10.3. The molecule has 1 nitrogen and oxygen atoms in total. The van der Waals surface area contributed by atoms with Crippen molar-refractivity contribution in [3.05, 3.63) is 0 Å². The van der Waals surface area contributed by atoms with Crippen molar-refractivity contribution in [1.29, 1.82) is 0 Å². The van der Waals surface area contributed by atoms with Crippen LogP contribution in [0.4, 0.5) is 8.78 Å². The summed E-state index contributed by atoms with van der Waals surface area (Å²) in [5.74, 6) is -2.51. The summed E-state index contributed by atoms with van der Waals surface area (Å²) < 4.78 is 24.5. The Morgan fingerprint density at radius 3 is 1.89 bits per heavy atom. The second-order valence-corrected chi connectivity index (χ2v) is 3.05. The molecule has 2 aliphatic carbocycles. The smallest absolute Gasteiger partial charge is 0.255 e. The van der Waals surface area contributed by atoms with Gasteiger partial charge in [0.25, 0.3) is 5.92 Å². The summed E-state index contributed by atoms with van der Waals surface area (Å²) in [5, 5.41) is 0. The average molecular weight is 132 g/mol. The van der Waals surface area contributed by atoms with Gasteiger partial charge in [0.15, 0.2) is 0 Å². The number of carbonyl (C=O) groups excluding carboxylic acids is 1. The van der Waals surface area contributed by atoms with Gasteiger partial charge < -0.3 is 0 Å². The van der Waals surface area contributed by atoms with Gasteiger partial charge in [-0.25, -0.2) is 8.78 Å². The fraction of sp³-hybridized carbons (Fsp3) is 0.833. The molecule has 0 atom stereocenters. The molecule has 1 spiro atoms. The number of alkyl halides is 2. The van der Waals surface area contributed by atoms with Crippen LogP contribution in [0.25, 0.3) is 0 Å². The molecular formula is C6H6F2O. The molecule has 0 unspecified atom stereocenters. The second-order valence-electron chi connectivity index (χ2n) is 3.05. The summed E-state index contributed by atoms with van der Waals surface area (Å²) in [6.45, 7) is 0. The zero-order valence-electron chi connectivity index (χ0n) is 4.79. The quantitative estimate of drug-likeness (QED) is 0.486. The summed E-state index contributed by atoms with van der Waals surface area (Å²) in [6, 6.07) is 0. The first-order valence-electron chi connectivity index (χ1n) is 2.95. The standard InChI is InChI=1S/C6H6F2O/c7-6(8)3-5(6)1-4(9)2-5/h1-3H2. The third kappa shape index (κ3) is 0.454. The lowest BCUT2D eigenvalue weighted by Crippen LogP contribution is -2.29. The SMILES string of the molecule is O=C1CC2(C1)CC2(F)F. The molecule has 3 heteroatoms. The minimum Gasteiger partial charge on any atom is -0.300 e. The van der Waals surface area contributed by atoms with Crippen LogP contribution in [0.3, 0.4) is 0 Å². The van der Waals surface area contributed by atoms with Gasteiger partial charge in [-0.1, -0.05) is 0 Å². The van der Waals surface area contributed by atoms with Gasteiger partial charge in [-0.05, 0) is 0 Å². The first-order valence-corrected chi connectivity index (χ1v) is 2.95. The Hall–Kier alpha value is -0.470. The Kier molecular flexibility index (Phi) is 0.618. The van der Waals surface area contributed by atoms with Crippen LogP contribution >= 0.6 is 0 Å². The van der Waals surface area contributed by atoms with E-state index in [-0.39, 0.29) is 25.0 Å². The number of hydrogen-bond donors (Lipinski definition) is 0. The third-order valence-corrected chi connectivity index (χ3v) is 2.28. The van der Waals surface area contributed by atoms with Crippen molar-refractivity contribution in [2.24, 2.45) is 5.41 Å². The normalized spacial score (nSPS) is 34.2. The van der Waals surface area contributed by atoms with Gasteiger partial charge in [-0.15, -0.1) is 0 Å². The predicted octanol–water partition coefficient (Wildman–Crippen LogP) is 1.37. The summed E-state index contributed by atoms with van der Waals surface area (Å²) in [7, 11) is 0. The minimum absolute atomic E-state index is 0.00725. The van der Waals surface area contributed by atoms with Crippen molar-refractivity contribution in [2.45, 2.75) is 25.2 Å². The van der Waals surface area contributed by atoms with E-state index < -0.39 is 11.3 Å². The molecule has 0 N–H and O–H groups in total. The highest BCUT2D eigenvalue weighted by Gasteiger charge is 2.75. The van der Waals surface area contributed by atoms with Crippen molar-refractivity contribution in [1.82, 2.24) is 0 Å². The molecule has 0 heterocycles. The lowest BCUT2D eigenvalue weighted by molar-refractivity contribution is -0.132. The Bertz CT molecular complexity index is 177. The summed E-state index contributed by atoms with van der Waals surface area (Å²) in [6.07, 6.45) is 0.200. The van der Waals surface area contributed by atoms with Crippen molar-refractivity contribution in [3.63, 3.8) is 0 Å². The first-order chi connectivity index (χ1) is 4.06. The van der Waals surface area contributed by atoms with Crippen molar-refractivity contribution < 1.29 is 13.6 Å². The van der Waals surface area contributed by atoms with Crippen molar-refractivity contribution in [2.75, 3.05) is 0 Å². The largest absolute Gasteiger partial charge is 0.300 e. The predicted molar refractivity (Wildman–Crippen MR) is 26.2 cm³/mol. The van der Waals surface area contributed by atoms with Gasteiger partial charge in [-0.3, -0.25) is 4.79 Å². The molecule has 2 fully saturated rings. The van der Waals surface area contributed by atoms with Crippen LogP contribution in [0.2, 0.25) is 0 Å². The number of hydrogen-bond acceptors (Lipinski definition) is 1. The van der Waals surface area contributed by atoms with Crippen LogP contribution in [-0.2, 0) is 4.79 Å². The van der Waals surface area contributed by atoms with E-state index in [1.807, 2.05) is 0 Å². The number of ketones is 1. The molecule has 2 aliphatic rings. The molecular weight excluding hydrogens is 126 g/mol. The minimum atomic E-state index is -2.50. The first kappa shape index (κ1) is 5.33. The molecule has 0 aromatic rings. The fourth-order valence-electron chi connectivity index (χ4n) is 1.47. The van der Waals surface area contributed by atoms with E-state index in [9.17, 15) is 13.6 Å². The molecule has 0 aliphatic heterocycles. The molecule has 0 amide bonds. The Labute approximate surface area is 51.0 Å². The number of halogens is 2. The summed E-state index contributed by atoms with van der Waals surface area (Å²) >= 11 is 0. The zero-order valence-corrected chi connectivity index (χ0v) is 4.79. The van der Waals surface area contributed by atoms with Crippen LogP contribution in [0.5, 0.6) is 0 Å². The van der Waals surface area contributed by atoms with Gasteiger partial charge in [0.1, 0.15) is 5.78 Å². The average Bonchev–Trinajstić information content (AvgIpc) is 2.06. The Morgan fingerprint density at radius 1 is 1.33 bits per heavy atom. The van der Waals surface area contributed by atoms with Crippen LogP contribution in [0, 0.1) is 5.41 Å². The van der Waals surface area contributed by atoms with Crippen LogP contribution in [0.1, 0.15) is 19.3 Å². The molecule has 50 valence electrons. The lowest BCUT2D eigenvalue weighted by atomic mass is 9.80. The van der Waals surface area contributed by atoms with Gasteiger partial charge in [0, 0.05) is 19.3 Å². The third-order valence-electron chi connectivity index (χ3n) is 2.28. The molecule has 2 rings (SSSR count). The van der Waals surface area contributed by atoms with Crippen molar-refractivity contribution in [3.8, 4) is 0 Å². The highest BCUT2D eigenvalue weighted by atomic mass is 19.3. The second kappa shape index (κ2) is 1.04. The van der Waals surface area contributed by atoms with E-state index in [4.69, 9.17) is 0 Å². The molecule has 0 aromatic heterocycles. The monoisotopic (exact) mass is 132 g/mol. The van der Waals surface area contributed by atoms with Crippen LogP contribution in [0.15, 0.2) is 0 Å². The van der Waals surface area contributed by atoms with E-state index in [0.29, 0.717) is 0 Å². The molecule has 0 aromatic carbocycles. The summed E-state index contributed by atoms with van der Waals surface area (Å²) in [5.41, 5.74) is -0.843. The van der Waals surface area contributed by atoms with E-state index in [1.54, 1.807) is 0 Å². The topological polar surface area (TPSA) is 17.1 Å². The highest BCUT2D eigenvalue weighted by molar-refractivity contribution is 5.88. The molecule has 0 bridgehead atoms. The fourth-order valence-corrected chi connectivity index (χ4v) is 1.47. The highest BCUT2D eigenvalue weighted by Crippen LogP contribution is 2.69. The lowest BCUT2D eigenvalue weighted by Gasteiger charge is -2.23. The Morgan fingerprint density at radius 2 is 1.78 bits per heavy atom. The van der Waals surface area contributed by atoms with Crippen LogP contribution < -0.4 is 0 Å². The van der Waals surface area contributed by atoms with Crippen molar-refractivity contribution >= 4 is 5.78 Å². The van der Waals surface area contributed by atoms with E-state index in [1.165, 1.54) is 0 Å². The maximum absolute atomic E-state index is 12.3. The molecule has 9 heavy (non-hydrogen) atoms. The molecule has 2 saturated carbocycles.